The number of para-hydroxylation sites is 1. The summed E-state index contributed by atoms with van der Waals surface area (Å²) >= 11 is 0. The predicted molar refractivity (Wildman–Crippen MR) is 90.5 cm³/mol. The number of fused-ring (bicyclic) bond motifs is 1. The number of hydrogen-bond donors (Lipinski definition) is 1. The summed E-state index contributed by atoms with van der Waals surface area (Å²) in [5, 5.41) is 2.91. The molecule has 0 saturated heterocycles. The summed E-state index contributed by atoms with van der Waals surface area (Å²) in [7, 11) is 3.17. The van der Waals surface area contributed by atoms with Crippen molar-refractivity contribution in [1.82, 2.24) is 0 Å². The van der Waals surface area contributed by atoms with Gasteiger partial charge < -0.3 is 19.7 Å². The standard InChI is InChI=1S/C18H20N2O3/c1-22-14-7-8-15(17(11-14)23-2)19-18(21)12-20-10-9-13-5-3-4-6-16(13)20/h3-8,11H,9-10,12H2,1-2H3,(H,19,21). The van der Waals surface area contributed by atoms with Crippen molar-refractivity contribution >= 4 is 17.3 Å². The van der Waals surface area contributed by atoms with Crippen molar-refractivity contribution in [2.75, 3.05) is 37.5 Å². The van der Waals surface area contributed by atoms with Gasteiger partial charge in [0.1, 0.15) is 11.5 Å². The van der Waals surface area contributed by atoms with E-state index in [9.17, 15) is 4.79 Å². The van der Waals surface area contributed by atoms with Gasteiger partial charge >= 0.3 is 0 Å². The summed E-state index contributed by atoms with van der Waals surface area (Å²) in [6.07, 6.45) is 0.981. The maximum Gasteiger partial charge on any atom is 0.243 e. The number of rotatable bonds is 5. The monoisotopic (exact) mass is 312 g/mol. The molecule has 5 nitrogen and oxygen atoms in total. The smallest absolute Gasteiger partial charge is 0.243 e. The van der Waals surface area contributed by atoms with Crippen molar-refractivity contribution in [2.45, 2.75) is 6.42 Å². The molecule has 0 radical (unpaired) electrons. The zero-order valence-electron chi connectivity index (χ0n) is 13.3. The van der Waals surface area contributed by atoms with Crippen LogP contribution in [0.2, 0.25) is 0 Å². The molecule has 0 unspecified atom stereocenters. The van der Waals surface area contributed by atoms with Gasteiger partial charge in [-0.15, -0.1) is 0 Å². The van der Waals surface area contributed by atoms with Crippen LogP contribution in [0, 0.1) is 0 Å². The fourth-order valence-corrected chi connectivity index (χ4v) is 2.84. The van der Waals surface area contributed by atoms with Gasteiger partial charge in [0.15, 0.2) is 0 Å². The molecule has 0 aromatic heterocycles. The third kappa shape index (κ3) is 3.23. The van der Waals surface area contributed by atoms with Gasteiger partial charge in [-0.1, -0.05) is 18.2 Å². The molecule has 0 aliphatic carbocycles. The molecule has 2 aromatic rings. The highest BCUT2D eigenvalue weighted by molar-refractivity contribution is 5.95. The van der Waals surface area contributed by atoms with Crippen LogP contribution in [0.3, 0.4) is 0 Å². The Morgan fingerprint density at radius 2 is 2.00 bits per heavy atom. The Kier molecular flexibility index (Phi) is 4.37. The third-order valence-corrected chi connectivity index (χ3v) is 4.00. The number of anilines is 2. The highest BCUT2D eigenvalue weighted by atomic mass is 16.5. The van der Waals surface area contributed by atoms with Crippen LogP contribution >= 0.6 is 0 Å². The topological polar surface area (TPSA) is 50.8 Å². The molecule has 5 heteroatoms. The summed E-state index contributed by atoms with van der Waals surface area (Å²) < 4.78 is 10.5. The number of carbonyl (C=O) groups excluding carboxylic acids is 1. The number of ether oxygens (including phenoxy) is 2. The number of hydrogen-bond acceptors (Lipinski definition) is 4. The van der Waals surface area contributed by atoms with E-state index in [4.69, 9.17) is 9.47 Å². The van der Waals surface area contributed by atoms with Gasteiger partial charge in [0.2, 0.25) is 5.91 Å². The van der Waals surface area contributed by atoms with Crippen molar-refractivity contribution in [3.8, 4) is 11.5 Å². The zero-order chi connectivity index (χ0) is 16.2. The Bertz CT molecular complexity index is 715. The summed E-state index contributed by atoms with van der Waals surface area (Å²) in [6, 6.07) is 13.5. The van der Waals surface area contributed by atoms with Gasteiger partial charge in [-0.2, -0.15) is 0 Å². The fraction of sp³-hybridized carbons (Fsp3) is 0.278. The van der Waals surface area contributed by atoms with E-state index in [1.807, 2.05) is 12.1 Å². The number of carbonyl (C=O) groups is 1. The molecule has 3 rings (SSSR count). The van der Waals surface area contributed by atoms with E-state index < -0.39 is 0 Å². The first-order chi connectivity index (χ1) is 11.2. The predicted octanol–water partition coefficient (Wildman–Crippen LogP) is 2.71. The van der Waals surface area contributed by atoms with Gasteiger partial charge in [0, 0.05) is 18.3 Å². The lowest BCUT2D eigenvalue weighted by molar-refractivity contribution is -0.115. The first-order valence-corrected chi connectivity index (χ1v) is 7.56. The van der Waals surface area contributed by atoms with Crippen LogP contribution in [0.5, 0.6) is 11.5 Å². The molecule has 0 saturated carbocycles. The van der Waals surface area contributed by atoms with Crippen molar-refractivity contribution in [3.63, 3.8) is 0 Å². The van der Waals surface area contributed by atoms with E-state index in [0.29, 0.717) is 23.7 Å². The molecule has 1 N–H and O–H groups in total. The average Bonchev–Trinajstić information content (AvgIpc) is 2.98. The maximum atomic E-state index is 12.4. The van der Waals surface area contributed by atoms with Gasteiger partial charge in [-0.25, -0.2) is 0 Å². The highest BCUT2D eigenvalue weighted by Crippen LogP contribution is 2.30. The number of benzene rings is 2. The molecule has 0 atom stereocenters. The number of nitrogens with zero attached hydrogens (tertiary/aromatic N) is 1. The number of methoxy groups -OCH3 is 2. The molecule has 1 aliphatic heterocycles. The van der Waals surface area contributed by atoms with Crippen molar-refractivity contribution in [3.05, 3.63) is 48.0 Å². The zero-order valence-corrected chi connectivity index (χ0v) is 13.3. The van der Waals surface area contributed by atoms with Crippen LogP contribution in [0.1, 0.15) is 5.56 Å². The molecule has 0 bridgehead atoms. The Labute approximate surface area is 135 Å². The van der Waals surface area contributed by atoms with Gasteiger partial charge in [0.25, 0.3) is 0 Å². The van der Waals surface area contributed by atoms with Crippen LogP contribution in [0.25, 0.3) is 0 Å². The maximum absolute atomic E-state index is 12.4. The van der Waals surface area contributed by atoms with E-state index in [0.717, 1.165) is 18.7 Å². The highest BCUT2D eigenvalue weighted by Gasteiger charge is 2.21. The van der Waals surface area contributed by atoms with Crippen LogP contribution in [0.4, 0.5) is 11.4 Å². The molecule has 120 valence electrons. The fourth-order valence-electron chi connectivity index (χ4n) is 2.84. The largest absolute Gasteiger partial charge is 0.497 e. The Morgan fingerprint density at radius 1 is 1.17 bits per heavy atom. The summed E-state index contributed by atoms with van der Waals surface area (Å²) in [4.78, 5) is 14.5. The summed E-state index contributed by atoms with van der Waals surface area (Å²) in [6.45, 7) is 1.19. The van der Waals surface area contributed by atoms with E-state index in [1.165, 1.54) is 5.56 Å². The van der Waals surface area contributed by atoms with Gasteiger partial charge in [-0.3, -0.25) is 4.79 Å². The quantitative estimate of drug-likeness (QED) is 0.922. The second-order valence-corrected chi connectivity index (χ2v) is 5.41. The summed E-state index contributed by atoms with van der Waals surface area (Å²) in [5.74, 6) is 1.21. The average molecular weight is 312 g/mol. The Balaban J connectivity index is 1.69. The molecule has 1 heterocycles. The molecule has 23 heavy (non-hydrogen) atoms. The summed E-state index contributed by atoms with van der Waals surface area (Å²) in [5.41, 5.74) is 3.08. The minimum atomic E-state index is -0.0647. The second-order valence-electron chi connectivity index (χ2n) is 5.41. The van der Waals surface area contributed by atoms with Crippen molar-refractivity contribution in [2.24, 2.45) is 0 Å². The second kappa shape index (κ2) is 6.60. The van der Waals surface area contributed by atoms with Crippen molar-refractivity contribution in [1.29, 1.82) is 0 Å². The minimum absolute atomic E-state index is 0.0647. The molecule has 2 aromatic carbocycles. The first-order valence-electron chi connectivity index (χ1n) is 7.56. The van der Waals surface area contributed by atoms with E-state index >= 15 is 0 Å². The van der Waals surface area contributed by atoms with Crippen molar-refractivity contribution < 1.29 is 14.3 Å². The lowest BCUT2D eigenvalue weighted by Gasteiger charge is -2.19. The van der Waals surface area contributed by atoms with Crippen LogP contribution in [-0.4, -0.2) is 33.2 Å². The van der Waals surface area contributed by atoms with E-state index in [2.05, 4.69) is 22.3 Å². The number of amides is 1. The lowest BCUT2D eigenvalue weighted by atomic mass is 10.2. The molecule has 0 fully saturated rings. The first kappa shape index (κ1) is 15.2. The molecular formula is C18H20N2O3. The van der Waals surface area contributed by atoms with Gasteiger partial charge in [0.05, 0.1) is 26.5 Å². The third-order valence-electron chi connectivity index (χ3n) is 4.00. The Hall–Kier alpha value is -2.69. The molecule has 1 amide bonds. The Morgan fingerprint density at radius 3 is 2.78 bits per heavy atom. The van der Waals surface area contributed by atoms with E-state index in [1.54, 1.807) is 32.4 Å². The van der Waals surface area contributed by atoms with Crippen LogP contribution in [-0.2, 0) is 11.2 Å². The SMILES string of the molecule is COc1ccc(NC(=O)CN2CCc3ccccc32)c(OC)c1. The van der Waals surface area contributed by atoms with Gasteiger partial charge in [-0.05, 0) is 30.2 Å². The normalized spacial score (nSPS) is 12.7. The molecule has 1 aliphatic rings. The van der Waals surface area contributed by atoms with Crippen LogP contribution in [0.15, 0.2) is 42.5 Å². The molecular weight excluding hydrogens is 292 g/mol. The molecule has 0 spiro atoms. The minimum Gasteiger partial charge on any atom is -0.497 e. The van der Waals surface area contributed by atoms with E-state index in [-0.39, 0.29) is 5.91 Å². The van der Waals surface area contributed by atoms with Crippen LogP contribution < -0.4 is 19.7 Å². The number of nitrogens with one attached hydrogen (secondary N) is 1. The lowest BCUT2D eigenvalue weighted by Crippen LogP contribution is -2.31.